The van der Waals surface area contributed by atoms with Crippen LogP contribution in [0.5, 0.6) is 0 Å². The molecule has 0 spiro atoms. The first-order valence-corrected chi connectivity index (χ1v) is 5.33. The summed E-state index contributed by atoms with van der Waals surface area (Å²) in [4.78, 5) is 0. The lowest BCUT2D eigenvalue weighted by molar-refractivity contribution is 0.635. The highest BCUT2D eigenvalue weighted by Gasteiger charge is 2.09. The summed E-state index contributed by atoms with van der Waals surface area (Å²) in [7, 11) is 1.93. The lowest BCUT2D eigenvalue weighted by Gasteiger charge is -2.15. The van der Waals surface area contributed by atoms with Crippen molar-refractivity contribution in [3.63, 3.8) is 0 Å². The Kier molecular flexibility index (Phi) is 4.73. The number of halogens is 2. The first-order chi connectivity index (χ1) is 6.69. The minimum Gasteiger partial charge on any atom is -0.319 e. The minimum absolute atomic E-state index is 0.398. The maximum absolute atomic E-state index is 5.94. The third-order valence-corrected chi connectivity index (χ3v) is 2.95. The average Bonchev–Trinajstić information content (AvgIpc) is 2.19. The van der Waals surface area contributed by atoms with Gasteiger partial charge in [-0.05, 0) is 37.1 Å². The standard InChI is InChI=1S/C11H14Cl2N/c1-3-8(7-14-2)9-4-5-10(12)11(13)6-9/h4-6,8,14H,1,3,7H2,2H3/t8-/m1/s1. The van der Waals surface area contributed by atoms with Gasteiger partial charge < -0.3 is 5.32 Å². The molecule has 1 radical (unpaired) electrons. The molecule has 1 aromatic carbocycles. The molecule has 0 bridgehead atoms. The summed E-state index contributed by atoms with van der Waals surface area (Å²) in [5, 5.41) is 4.34. The van der Waals surface area contributed by atoms with Crippen LogP contribution in [0.1, 0.15) is 17.9 Å². The first kappa shape index (κ1) is 11.8. The molecule has 0 aliphatic rings. The molecular weight excluding hydrogens is 217 g/mol. The van der Waals surface area contributed by atoms with E-state index in [1.165, 1.54) is 5.56 Å². The van der Waals surface area contributed by atoms with Gasteiger partial charge in [-0.3, -0.25) is 0 Å². The van der Waals surface area contributed by atoms with E-state index >= 15 is 0 Å². The van der Waals surface area contributed by atoms with Gasteiger partial charge in [0.05, 0.1) is 10.0 Å². The molecule has 1 nitrogen and oxygen atoms in total. The summed E-state index contributed by atoms with van der Waals surface area (Å²) in [5.41, 5.74) is 1.18. The van der Waals surface area contributed by atoms with Gasteiger partial charge in [0.2, 0.25) is 0 Å². The molecule has 0 saturated carbocycles. The Morgan fingerprint density at radius 2 is 2.07 bits per heavy atom. The molecule has 0 unspecified atom stereocenters. The van der Waals surface area contributed by atoms with Crippen LogP contribution in [0.15, 0.2) is 18.2 Å². The summed E-state index contributed by atoms with van der Waals surface area (Å²) >= 11 is 11.8. The van der Waals surface area contributed by atoms with Crippen molar-refractivity contribution >= 4 is 23.2 Å². The molecule has 0 saturated heterocycles. The van der Waals surface area contributed by atoms with Crippen LogP contribution in [-0.4, -0.2) is 13.6 Å². The smallest absolute Gasteiger partial charge is 0.0595 e. The topological polar surface area (TPSA) is 12.0 Å². The Bertz CT molecular complexity index is 299. The fourth-order valence-electron chi connectivity index (χ4n) is 1.40. The van der Waals surface area contributed by atoms with Crippen LogP contribution in [0, 0.1) is 6.92 Å². The Hall–Kier alpha value is -0.240. The van der Waals surface area contributed by atoms with E-state index in [1.54, 1.807) is 0 Å². The largest absolute Gasteiger partial charge is 0.319 e. The van der Waals surface area contributed by atoms with Gasteiger partial charge in [-0.15, -0.1) is 0 Å². The summed E-state index contributed by atoms with van der Waals surface area (Å²) in [6.07, 6.45) is 0.846. The Labute approximate surface area is 95.4 Å². The van der Waals surface area contributed by atoms with Crippen LogP contribution in [-0.2, 0) is 0 Å². The lowest BCUT2D eigenvalue weighted by Crippen LogP contribution is -2.16. The number of rotatable bonds is 4. The van der Waals surface area contributed by atoms with Crippen molar-refractivity contribution in [1.29, 1.82) is 0 Å². The van der Waals surface area contributed by atoms with E-state index in [2.05, 4.69) is 12.2 Å². The van der Waals surface area contributed by atoms with Crippen LogP contribution in [0.4, 0.5) is 0 Å². The first-order valence-electron chi connectivity index (χ1n) is 4.57. The van der Waals surface area contributed by atoms with Crippen molar-refractivity contribution in [2.24, 2.45) is 0 Å². The van der Waals surface area contributed by atoms with Crippen LogP contribution in [0.3, 0.4) is 0 Å². The molecule has 0 aliphatic carbocycles. The van der Waals surface area contributed by atoms with Gasteiger partial charge in [-0.25, -0.2) is 0 Å². The molecule has 0 aliphatic heterocycles. The summed E-state index contributed by atoms with van der Waals surface area (Å²) < 4.78 is 0. The highest BCUT2D eigenvalue weighted by Crippen LogP contribution is 2.27. The molecule has 3 heteroatoms. The number of benzene rings is 1. The van der Waals surface area contributed by atoms with Crippen molar-refractivity contribution in [1.82, 2.24) is 5.32 Å². The van der Waals surface area contributed by atoms with Crippen molar-refractivity contribution in [2.45, 2.75) is 12.3 Å². The normalized spacial score (nSPS) is 12.9. The Morgan fingerprint density at radius 1 is 1.36 bits per heavy atom. The third-order valence-electron chi connectivity index (χ3n) is 2.21. The monoisotopic (exact) mass is 230 g/mol. The molecular formula is C11H14Cl2N. The maximum atomic E-state index is 5.94. The van der Waals surface area contributed by atoms with E-state index in [9.17, 15) is 0 Å². The SMILES string of the molecule is [CH2]C[C@H](CNC)c1ccc(Cl)c(Cl)c1. The number of nitrogens with one attached hydrogen (secondary N) is 1. The molecule has 0 heterocycles. The second-order valence-electron chi connectivity index (χ2n) is 3.22. The van der Waals surface area contributed by atoms with Gasteiger partial charge in [0.15, 0.2) is 0 Å². The van der Waals surface area contributed by atoms with Crippen molar-refractivity contribution in [3.8, 4) is 0 Å². The van der Waals surface area contributed by atoms with Crippen LogP contribution in [0.2, 0.25) is 10.0 Å². The second kappa shape index (κ2) is 5.59. The predicted molar refractivity (Wildman–Crippen MR) is 63.1 cm³/mol. The van der Waals surface area contributed by atoms with Crippen LogP contribution in [0.25, 0.3) is 0 Å². The van der Waals surface area contributed by atoms with Gasteiger partial charge in [-0.1, -0.05) is 36.2 Å². The molecule has 77 valence electrons. The van der Waals surface area contributed by atoms with E-state index in [-0.39, 0.29) is 0 Å². The zero-order chi connectivity index (χ0) is 10.6. The predicted octanol–water partition coefficient (Wildman–Crippen LogP) is 3.52. The third kappa shape index (κ3) is 2.88. The molecule has 0 aromatic heterocycles. The van der Waals surface area contributed by atoms with Gasteiger partial charge in [0, 0.05) is 6.54 Å². The zero-order valence-corrected chi connectivity index (χ0v) is 9.70. The lowest BCUT2D eigenvalue weighted by atomic mass is 9.97. The van der Waals surface area contributed by atoms with Gasteiger partial charge in [0.1, 0.15) is 0 Å². The average molecular weight is 231 g/mol. The molecule has 1 N–H and O–H groups in total. The highest BCUT2D eigenvalue weighted by atomic mass is 35.5. The van der Waals surface area contributed by atoms with E-state index < -0.39 is 0 Å². The van der Waals surface area contributed by atoms with Crippen LogP contribution >= 0.6 is 23.2 Å². The molecule has 0 fully saturated rings. The number of likely N-dealkylation sites (N-methyl/N-ethyl adjacent to an activating group) is 1. The summed E-state index contributed by atoms with van der Waals surface area (Å²) in [6.45, 7) is 4.82. The number of hydrogen-bond acceptors (Lipinski definition) is 1. The maximum Gasteiger partial charge on any atom is 0.0595 e. The Morgan fingerprint density at radius 3 is 2.57 bits per heavy atom. The summed E-state index contributed by atoms with van der Waals surface area (Å²) in [5.74, 6) is 0.398. The molecule has 1 rings (SSSR count). The van der Waals surface area contributed by atoms with Crippen LogP contribution < -0.4 is 5.32 Å². The minimum atomic E-state index is 0.398. The molecule has 0 amide bonds. The second-order valence-corrected chi connectivity index (χ2v) is 4.03. The van der Waals surface area contributed by atoms with E-state index in [0.717, 1.165) is 13.0 Å². The van der Waals surface area contributed by atoms with Crippen molar-refractivity contribution in [3.05, 3.63) is 40.7 Å². The van der Waals surface area contributed by atoms with Gasteiger partial charge >= 0.3 is 0 Å². The highest BCUT2D eigenvalue weighted by molar-refractivity contribution is 6.42. The number of hydrogen-bond donors (Lipinski definition) is 1. The van der Waals surface area contributed by atoms with Crippen molar-refractivity contribution < 1.29 is 0 Å². The van der Waals surface area contributed by atoms with E-state index in [1.807, 2.05) is 25.2 Å². The van der Waals surface area contributed by atoms with E-state index in [4.69, 9.17) is 23.2 Å². The van der Waals surface area contributed by atoms with Gasteiger partial charge in [-0.2, -0.15) is 0 Å². The Balaban J connectivity index is 2.88. The summed E-state index contributed by atoms with van der Waals surface area (Å²) in [6, 6.07) is 5.75. The zero-order valence-electron chi connectivity index (χ0n) is 8.19. The van der Waals surface area contributed by atoms with Crippen molar-refractivity contribution in [2.75, 3.05) is 13.6 Å². The molecule has 14 heavy (non-hydrogen) atoms. The fraction of sp³-hybridized carbons (Fsp3) is 0.364. The molecule has 1 aromatic rings. The van der Waals surface area contributed by atoms with E-state index in [0.29, 0.717) is 16.0 Å². The van der Waals surface area contributed by atoms with Gasteiger partial charge in [0.25, 0.3) is 0 Å². The molecule has 1 atom stereocenters. The fourth-order valence-corrected chi connectivity index (χ4v) is 1.71. The quantitative estimate of drug-likeness (QED) is 0.835.